The molecule has 0 N–H and O–H groups in total. The van der Waals surface area contributed by atoms with E-state index >= 15 is 0 Å². The highest BCUT2D eigenvalue weighted by Gasteiger charge is 2.61. The first-order valence-corrected chi connectivity index (χ1v) is 8.05. The van der Waals surface area contributed by atoms with Gasteiger partial charge in [0.25, 0.3) is 0 Å². The van der Waals surface area contributed by atoms with E-state index in [2.05, 4.69) is 9.88 Å². The number of likely N-dealkylation sites (tertiary alicyclic amines) is 1. The van der Waals surface area contributed by atoms with Crippen molar-refractivity contribution in [1.82, 2.24) is 9.88 Å². The molecular formula is C17H22N2O2. The number of hydrogen-bond donors (Lipinski definition) is 0. The Labute approximate surface area is 125 Å². The molecule has 2 aliphatic carbocycles. The van der Waals surface area contributed by atoms with Gasteiger partial charge in [0.2, 0.25) is 5.91 Å². The lowest BCUT2D eigenvalue weighted by Crippen LogP contribution is -2.70. The van der Waals surface area contributed by atoms with Crippen LogP contribution in [0.25, 0.3) is 0 Å². The van der Waals surface area contributed by atoms with E-state index in [0.29, 0.717) is 18.1 Å². The van der Waals surface area contributed by atoms with E-state index in [0.717, 1.165) is 18.0 Å². The molecular weight excluding hydrogens is 264 g/mol. The first-order valence-electron chi connectivity index (χ1n) is 8.05. The van der Waals surface area contributed by atoms with Gasteiger partial charge in [-0.2, -0.15) is 0 Å². The van der Waals surface area contributed by atoms with E-state index in [1.54, 1.807) is 12.4 Å². The lowest BCUT2D eigenvalue weighted by molar-refractivity contribution is -0.175. The smallest absolute Gasteiger partial charge is 0.248 e. The fourth-order valence-electron chi connectivity index (χ4n) is 4.07. The van der Waals surface area contributed by atoms with Crippen molar-refractivity contribution in [3.8, 4) is 0 Å². The van der Waals surface area contributed by atoms with E-state index in [1.807, 2.05) is 12.1 Å². The molecule has 1 saturated heterocycles. The van der Waals surface area contributed by atoms with E-state index in [9.17, 15) is 4.79 Å². The lowest BCUT2D eigenvalue weighted by Gasteiger charge is -2.63. The van der Waals surface area contributed by atoms with Crippen LogP contribution in [-0.4, -0.2) is 35.0 Å². The molecule has 2 heterocycles. The Morgan fingerprint density at radius 2 is 2.29 bits per heavy atom. The van der Waals surface area contributed by atoms with Gasteiger partial charge in [-0.1, -0.05) is 12.5 Å². The van der Waals surface area contributed by atoms with Crippen molar-refractivity contribution in [3.05, 3.63) is 30.1 Å². The summed E-state index contributed by atoms with van der Waals surface area (Å²) in [5.74, 6) is 0.953. The van der Waals surface area contributed by atoms with Crippen LogP contribution in [0, 0.1) is 11.3 Å². The van der Waals surface area contributed by atoms with Crippen molar-refractivity contribution in [2.75, 3.05) is 13.2 Å². The predicted octanol–water partition coefficient (Wildman–Crippen LogP) is 2.39. The third-order valence-electron chi connectivity index (χ3n) is 5.40. The molecule has 3 aliphatic rings. The molecule has 0 radical (unpaired) electrons. The minimum absolute atomic E-state index is 0.174. The van der Waals surface area contributed by atoms with Crippen LogP contribution in [-0.2, 0) is 16.1 Å². The number of carbonyl (C=O) groups is 1. The van der Waals surface area contributed by atoms with E-state index in [4.69, 9.17) is 4.74 Å². The molecule has 1 spiro atoms. The van der Waals surface area contributed by atoms with Gasteiger partial charge in [0, 0.05) is 30.4 Å². The highest BCUT2D eigenvalue weighted by atomic mass is 16.5. The Morgan fingerprint density at radius 3 is 2.90 bits per heavy atom. The van der Waals surface area contributed by atoms with Crippen LogP contribution < -0.4 is 0 Å². The molecule has 0 bridgehead atoms. The maximum Gasteiger partial charge on any atom is 0.248 e. The number of pyridine rings is 1. The summed E-state index contributed by atoms with van der Waals surface area (Å²) in [4.78, 5) is 18.5. The molecule has 112 valence electrons. The summed E-state index contributed by atoms with van der Waals surface area (Å²) in [6.07, 6.45) is 10.2. The van der Waals surface area contributed by atoms with Gasteiger partial charge in [0.1, 0.15) is 6.61 Å². The summed E-state index contributed by atoms with van der Waals surface area (Å²) in [6.45, 7) is 1.64. The average molecular weight is 286 g/mol. The summed E-state index contributed by atoms with van der Waals surface area (Å²) in [5, 5.41) is 0. The van der Waals surface area contributed by atoms with Gasteiger partial charge in [-0.3, -0.25) is 9.78 Å². The fourth-order valence-corrected chi connectivity index (χ4v) is 4.07. The lowest BCUT2D eigenvalue weighted by atomic mass is 9.56. The molecule has 3 fully saturated rings. The molecule has 1 aromatic heterocycles. The van der Waals surface area contributed by atoms with Crippen molar-refractivity contribution in [3.63, 3.8) is 0 Å². The third kappa shape index (κ3) is 2.35. The fraction of sp³-hybridized carbons (Fsp3) is 0.647. The highest BCUT2D eigenvalue weighted by Crippen LogP contribution is 2.59. The zero-order valence-corrected chi connectivity index (χ0v) is 12.3. The standard InChI is InChI=1S/C17H22N2O2/c20-15(11-21-10-13-3-1-8-18-9-13)19-12-17(6-2-7-17)16(19)14-4-5-14/h1,3,8-9,14,16H,2,4-7,10-12H2. The Hall–Kier alpha value is -1.42. The summed E-state index contributed by atoms with van der Waals surface area (Å²) >= 11 is 0. The summed E-state index contributed by atoms with van der Waals surface area (Å²) in [7, 11) is 0. The second-order valence-electron chi connectivity index (χ2n) is 6.87. The summed E-state index contributed by atoms with van der Waals surface area (Å²) < 4.78 is 5.58. The highest BCUT2D eigenvalue weighted by molar-refractivity contribution is 5.79. The number of ether oxygens (including phenoxy) is 1. The maximum absolute atomic E-state index is 12.4. The number of aromatic nitrogens is 1. The average Bonchev–Trinajstić information content (AvgIpc) is 3.21. The normalized spacial score (nSPS) is 26.3. The number of carbonyl (C=O) groups excluding carboxylic acids is 1. The second-order valence-corrected chi connectivity index (χ2v) is 6.87. The van der Waals surface area contributed by atoms with Crippen LogP contribution in [0.15, 0.2) is 24.5 Å². The van der Waals surface area contributed by atoms with Crippen molar-refractivity contribution in [2.24, 2.45) is 11.3 Å². The molecule has 4 heteroatoms. The molecule has 4 rings (SSSR count). The summed E-state index contributed by atoms with van der Waals surface area (Å²) in [5.41, 5.74) is 1.52. The van der Waals surface area contributed by atoms with Crippen molar-refractivity contribution in [2.45, 2.75) is 44.8 Å². The van der Waals surface area contributed by atoms with Crippen LogP contribution in [0.4, 0.5) is 0 Å². The van der Waals surface area contributed by atoms with Gasteiger partial charge in [-0.15, -0.1) is 0 Å². The Balaban J connectivity index is 1.29. The van der Waals surface area contributed by atoms with Crippen LogP contribution in [0.3, 0.4) is 0 Å². The van der Waals surface area contributed by atoms with Crippen LogP contribution in [0.2, 0.25) is 0 Å². The molecule has 4 nitrogen and oxygen atoms in total. The monoisotopic (exact) mass is 286 g/mol. The van der Waals surface area contributed by atoms with Crippen LogP contribution >= 0.6 is 0 Å². The van der Waals surface area contributed by atoms with E-state index < -0.39 is 0 Å². The molecule has 1 amide bonds. The molecule has 1 aromatic rings. The quantitative estimate of drug-likeness (QED) is 0.834. The first kappa shape index (κ1) is 13.3. The Bertz CT molecular complexity index is 523. The largest absolute Gasteiger partial charge is 0.367 e. The maximum atomic E-state index is 12.4. The molecule has 0 aromatic carbocycles. The number of rotatable bonds is 5. The van der Waals surface area contributed by atoms with Gasteiger partial charge in [-0.05, 0) is 43.2 Å². The van der Waals surface area contributed by atoms with Gasteiger partial charge in [-0.25, -0.2) is 0 Å². The molecule has 21 heavy (non-hydrogen) atoms. The Morgan fingerprint density at radius 1 is 1.43 bits per heavy atom. The minimum atomic E-state index is 0.174. The van der Waals surface area contributed by atoms with Gasteiger partial charge >= 0.3 is 0 Å². The zero-order chi connectivity index (χ0) is 14.3. The SMILES string of the molecule is O=C(COCc1cccnc1)N1CC2(CCC2)C1C1CC1. The molecule has 1 unspecified atom stereocenters. The van der Waals surface area contributed by atoms with Crippen molar-refractivity contribution in [1.29, 1.82) is 0 Å². The van der Waals surface area contributed by atoms with Gasteiger partial charge in [0.15, 0.2) is 0 Å². The topological polar surface area (TPSA) is 42.4 Å². The van der Waals surface area contributed by atoms with E-state index in [-0.39, 0.29) is 12.5 Å². The Kier molecular flexibility index (Phi) is 3.21. The van der Waals surface area contributed by atoms with E-state index in [1.165, 1.54) is 32.1 Å². The van der Waals surface area contributed by atoms with Crippen LogP contribution in [0.5, 0.6) is 0 Å². The van der Waals surface area contributed by atoms with Gasteiger partial charge < -0.3 is 9.64 Å². The number of amides is 1. The van der Waals surface area contributed by atoms with Crippen molar-refractivity contribution >= 4 is 5.91 Å². The zero-order valence-electron chi connectivity index (χ0n) is 12.3. The molecule has 1 aliphatic heterocycles. The third-order valence-corrected chi connectivity index (χ3v) is 5.40. The van der Waals surface area contributed by atoms with Gasteiger partial charge in [0.05, 0.1) is 6.61 Å². The molecule has 2 saturated carbocycles. The predicted molar refractivity (Wildman–Crippen MR) is 78.4 cm³/mol. The number of hydrogen-bond acceptors (Lipinski definition) is 3. The summed E-state index contributed by atoms with van der Waals surface area (Å²) in [6, 6.07) is 4.39. The first-order chi connectivity index (χ1) is 10.3. The second kappa shape index (κ2) is 5.09. The van der Waals surface area contributed by atoms with Crippen LogP contribution in [0.1, 0.15) is 37.7 Å². The molecule has 1 atom stereocenters. The minimum Gasteiger partial charge on any atom is -0.367 e. The van der Waals surface area contributed by atoms with Crippen molar-refractivity contribution < 1.29 is 9.53 Å². The number of nitrogens with zero attached hydrogens (tertiary/aromatic N) is 2.